The number of methoxy groups -OCH3 is 1. The van der Waals surface area contributed by atoms with E-state index in [9.17, 15) is 4.79 Å². The Balaban J connectivity index is 1.94. The Morgan fingerprint density at radius 3 is 2.73 bits per heavy atom. The molecule has 0 saturated heterocycles. The summed E-state index contributed by atoms with van der Waals surface area (Å²) in [5.41, 5.74) is 2.62. The lowest BCUT2D eigenvalue weighted by molar-refractivity contribution is 0.237. The summed E-state index contributed by atoms with van der Waals surface area (Å²) < 4.78 is 10.4. The van der Waals surface area contributed by atoms with Crippen LogP contribution in [0.1, 0.15) is 35.5 Å². The number of carbonyl (C=O) groups is 1. The first-order valence-electron chi connectivity index (χ1n) is 7.12. The molecule has 0 aliphatic heterocycles. The number of urea groups is 1. The fraction of sp³-hybridized carbons (Fsp3) is 0.375. The van der Waals surface area contributed by atoms with Gasteiger partial charge in [-0.3, -0.25) is 0 Å². The van der Waals surface area contributed by atoms with Crippen molar-refractivity contribution in [3.63, 3.8) is 0 Å². The maximum Gasteiger partial charge on any atom is 0.315 e. The molecule has 0 aliphatic carbocycles. The molecule has 0 spiro atoms. The Labute approximate surface area is 129 Å². The van der Waals surface area contributed by atoms with Crippen molar-refractivity contribution in [1.29, 1.82) is 0 Å². The first-order valence-corrected chi connectivity index (χ1v) is 7.12. The molecular formula is C16H21N3O3. The molecule has 118 valence electrons. The molecule has 1 atom stereocenters. The molecule has 1 aromatic carbocycles. The number of amides is 2. The lowest BCUT2D eigenvalue weighted by Gasteiger charge is -2.17. The molecule has 0 aliphatic rings. The van der Waals surface area contributed by atoms with E-state index < -0.39 is 0 Å². The van der Waals surface area contributed by atoms with Crippen molar-refractivity contribution in [3.8, 4) is 5.75 Å². The van der Waals surface area contributed by atoms with Gasteiger partial charge in [-0.05, 0) is 26.8 Å². The molecule has 0 unspecified atom stereocenters. The predicted molar refractivity (Wildman–Crippen MR) is 82.8 cm³/mol. The van der Waals surface area contributed by atoms with E-state index in [4.69, 9.17) is 9.26 Å². The van der Waals surface area contributed by atoms with Crippen LogP contribution in [0.5, 0.6) is 5.75 Å². The number of nitrogens with one attached hydrogen (secondary N) is 2. The summed E-state index contributed by atoms with van der Waals surface area (Å²) in [6.45, 7) is 5.97. The van der Waals surface area contributed by atoms with E-state index in [1.807, 2.05) is 45.0 Å². The fourth-order valence-electron chi connectivity index (χ4n) is 2.27. The Hall–Kier alpha value is -2.50. The minimum Gasteiger partial charge on any atom is -0.496 e. The van der Waals surface area contributed by atoms with Crippen LogP contribution in [-0.4, -0.2) is 18.3 Å². The Morgan fingerprint density at radius 2 is 2.09 bits per heavy atom. The Kier molecular flexibility index (Phi) is 5.04. The highest BCUT2D eigenvalue weighted by atomic mass is 16.5. The minimum absolute atomic E-state index is 0.166. The van der Waals surface area contributed by atoms with Crippen LogP contribution in [0.3, 0.4) is 0 Å². The van der Waals surface area contributed by atoms with Crippen LogP contribution in [0.25, 0.3) is 0 Å². The van der Waals surface area contributed by atoms with Crippen LogP contribution in [0, 0.1) is 13.8 Å². The molecule has 2 aromatic rings. The molecule has 1 heterocycles. The summed E-state index contributed by atoms with van der Waals surface area (Å²) in [5.74, 6) is 1.47. The Bertz CT molecular complexity index is 632. The van der Waals surface area contributed by atoms with Gasteiger partial charge < -0.3 is 19.9 Å². The van der Waals surface area contributed by atoms with Gasteiger partial charge in [0.15, 0.2) is 0 Å². The number of hydrogen-bond donors (Lipinski definition) is 2. The van der Waals surface area contributed by atoms with Gasteiger partial charge in [-0.1, -0.05) is 23.4 Å². The summed E-state index contributed by atoms with van der Waals surface area (Å²) >= 11 is 0. The van der Waals surface area contributed by atoms with Crippen molar-refractivity contribution in [2.24, 2.45) is 0 Å². The predicted octanol–water partition coefficient (Wildman–Crippen LogP) is 2.86. The van der Waals surface area contributed by atoms with Crippen LogP contribution in [0.15, 0.2) is 28.8 Å². The number of rotatable bonds is 5. The molecule has 22 heavy (non-hydrogen) atoms. The van der Waals surface area contributed by atoms with Gasteiger partial charge in [0, 0.05) is 17.7 Å². The number of hydrogen-bond acceptors (Lipinski definition) is 4. The smallest absolute Gasteiger partial charge is 0.315 e. The zero-order valence-electron chi connectivity index (χ0n) is 13.3. The second-order valence-electron chi connectivity index (χ2n) is 5.09. The van der Waals surface area contributed by atoms with Gasteiger partial charge in [-0.15, -0.1) is 0 Å². The average molecular weight is 303 g/mol. The highest BCUT2D eigenvalue weighted by Gasteiger charge is 2.14. The van der Waals surface area contributed by atoms with Crippen molar-refractivity contribution in [2.75, 3.05) is 7.11 Å². The van der Waals surface area contributed by atoms with Gasteiger partial charge >= 0.3 is 6.03 Å². The van der Waals surface area contributed by atoms with E-state index in [0.717, 1.165) is 28.3 Å². The quantitative estimate of drug-likeness (QED) is 0.890. The average Bonchev–Trinajstić information content (AvgIpc) is 2.83. The van der Waals surface area contributed by atoms with E-state index in [1.165, 1.54) is 0 Å². The molecule has 0 bridgehead atoms. The summed E-state index contributed by atoms with van der Waals surface area (Å²) in [7, 11) is 1.61. The maximum atomic E-state index is 12.0. The minimum atomic E-state index is -0.251. The van der Waals surface area contributed by atoms with E-state index in [0.29, 0.717) is 6.54 Å². The molecular weight excluding hydrogens is 282 g/mol. The van der Waals surface area contributed by atoms with Gasteiger partial charge in [0.2, 0.25) is 0 Å². The molecule has 6 nitrogen and oxygen atoms in total. The van der Waals surface area contributed by atoms with Gasteiger partial charge in [0.1, 0.15) is 11.5 Å². The van der Waals surface area contributed by atoms with Gasteiger partial charge in [0.25, 0.3) is 0 Å². The topological polar surface area (TPSA) is 76.4 Å². The van der Waals surface area contributed by atoms with Crippen LogP contribution in [0.4, 0.5) is 4.79 Å². The highest BCUT2D eigenvalue weighted by molar-refractivity contribution is 5.74. The van der Waals surface area contributed by atoms with E-state index >= 15 is 0 Å². The molecule has 1 aromatic heterocycles. The highest BCUT2D eigenvalue weighted by Crippen LogP contribution is 2.24. The first-order chi connectivity index (χ1) is 10.5. The number of benzene rings is 1. The van der Waals surface area contributed by atoms with Crippen LogP contribution in [0.2, 0.25) is 0 Å². The normalized spacial score (nSPS) is 11.8. The third kappa shape index (κ3) is 3.58. The van der Waals surface area contributed by atoms with Crippen LogP contribution >= 0.6 is 0 Å². The van der Waals surface area contributed by atoms with E-state index in [1.54, 1.807) is 7.11 Å². The van der Waals surface area contributed by atoms with Crippen molar-refractivity contribution in [3.05, 3.63) is 46.8 Å². The Morgan fingerprint density at radius 1 is 1.36 bits per heavy atom. The summed E-state index contributed by atoms with van der Waals surface area (Å²) in [6.07, 6.45) is 0. The third-order valence-corrected chi connectivity index (χ3v) is 3.56. The van der Waals surface area contributed by atoms with Crippen molar-refractivity contribution in [1.82, 2.24) is 15.8 Å². The van der Waals surface area contributed by atoms with Crippen molar-refractivity contribution >= 4 is 6.03 Å². The SMILES string of the molecule is COc1ccccc1[C@@H](C)NC(=O)NCc1c(C)noc1C. The molecule has 2 N–H and O–H groups in total. The number of para-hydroxylation sites is 1. The molecule has 0 radical (unpaired) electrons. The van der Waals surface area contributed by atoms with Crippen LogP contribution in [-0.2, 0) is 6.54 Å². The van der Waals surface area contributed by atoms with Crippen LogP contribution < -0.4 is 15.4 Å². The summed E-state index contributed by atoms with van der Waals surface area (Å²) in [4.78, 5) is 12.0. The van der Waals surface area contributed by atoms with E-state index in [-0.39, 0.29) is 12.1 Å². The zero-order valence-corrected chi connectivity index (χ0v) is 13.3. The lowest BCUT2D eigenvalue weighted by Crippen LogP contribution is -2.36. The van der Waals surface area contributed by atoms with Gasteiger partial charge in [0.05, 0.1) is 18.8 Å². The molecule has 2 rings (SSSR count). The largest absolute Gasteiger partial charge is 0.496 e. The second kappa shape index (κ2) is 6.98. The number of carbonyl (C=O) groups excluding carboxylic acids is 1. The fourth-order valence-corrected chi connectivity index (χ4v) is 2.27. The third-order valence-electron chi connectivity index (χ3n) is 3.56. The molecule has 0 saturated carbocycles. The van der Waals surface area contributed by atoms with Crippen molar-refractivity contribution < 1.29 is 14.1 Å². The van der Waals surface area contributed by atoms with Gasteiger partial charge in [-0.25, -0.2) is 4.79 Å². The summed E-state index contributed by atoms with van der Waals surface area (Å²) in [6, 6.07) is 7.19. The molecule has 2 amide bonds. The maximum absolute atomic E-state index is 12.0. The monoisotopic (exact) mass is 303 g/mol. The van der Waals surface area contributed by atoms with Crippen molar-refractivity contribution in [2.45, 2.75) is 33.4 Å². The summed E-state index contributed by atoms with van der Waals surface area (Å²) in [5, 5.41) is 9.57. The van der Waals surface area contributed by atoms with E-state index in [2.05, 4.69) is 15.8 Å². The zero-order chi connectivity index (χ0) is 16.1. The first kappa shape index (κ1) is 15.9. The lowest BCUT2D eigenvalue weighted by atomic mass is 10.1. The standard InChI is InChI=1S/C16H21N3O3/c1-10(13-7-5-6-8-15(13)21-4)18-16(20)17-9-14-11(2)19-22-12(14)3/h5-8,10H,9H2,1-4H3,(H2,17,18,20)/t10-/m1/s1. The number of aromatic nitrogens is 1. The van der Waals surface area contributed by atoms with Gasteiger partial charge in [-0.2, -0.15) is 0 Å². The second-order valence-corrected chi connectivity index (χ2v) is 5.09. The number of ether oxygens (including phenoxy) is 1. The number of nitrogens with zero attached hydrogens (tertiary/aromatic N) is 1. The molecule has 0 fully saturated rings. The number of aryl methyl sites for hydroxylation is 2. The molecule has 6 heteroatoms.